The van der Waals surface area contributed by atoms with E-state index in [0.717, 1.165) is 5.69 Å². The van der Waals surface area contributed by atoms with Crippen LogP contribution in [0.15, 0.2) is 22.7 Å². The summed E-state index contributed by atoms with van der Waals surface area (Å²) in [7, 11) is 0. The molecule has 2 aromatic rings. The minimum atomic E-state index is -0.295. The fourth-order valence-corrected chi connectivity index (χ4v) is 1.89. The van der Waals surface area contributed by atoms with E-state index in [4.69, 9.17) is 10.3 Å². The van der Waals surface area contributed by atoms with Crippen LogP contribution >= 0.6 is 22.6 Å². The molecule has 1 aromatic heterocycles. The second-order valence-corrected chi connectivity index (χ2v) is 4.80. The fraction of sp³-hybridized carbons (Fsp3) is 0.182. The number of hydrogen-bond acceptors (Lipinski definition) is 4. The Morgan fingerprint density at radius 1 is 1.47 bits per heavy atom. The molecule has 0 unspecified atom stereocenters. The van der Waals surface area contributed by atoms with Gasteiger partial charge in [0.05, 0.1) is 27.2 Å². The lowest BCUT2D eigenvalue weighted by molar-refractivity contribution is 0.384. The maximum absolute atomic E-state index is 13.4. The zero-order valence-electron chi connectivity index (χ0n) is 9.13. The van der Waals surface area contributed by atoms with Gasteiger partial charge in [0.25, 0.3) is 0 Å². The molecule has 17 heavy (non-hydrogen) atoms. The average Bonchev–Trinajstić information content (AvgIpc) is 2.68. The maximum Gasteiger partial charge on any atom is 0.156 e. The summed E-state index contributed by atoms with van der Waals surface area (Å²) >= 11 is 1.90. The van der Waals surface area contributed by atoms with E-state index < -0.39 is 0 Å². The monoisotopic (exact) mass is 347 g/mol. The number of nitrogens with two attached hydrogens (primary N) is 1. The van der Waals surface area contributed by atoms with E-state index in [1.807, 2.05) is 35.6 Å². The Morgan fingerprint density at radius 2 is 2.24 bits per heavy atom. The van der Waals surface area contributed by atoms with Crippen molar-refractivity contribution in [2.75, 3.05) is 11.1 Å². The molecule has 3 N–H and O–H groups in total. The number of aryl methyl sites for hydroxylation is 1. The predicted octanol–water partition coefficient (Wildman–Crippen LogP) is 2.92. The van der Waals surface area contributed by atoms with Gasteiger partial charge in [0, 0.05) is 12.1 Å². The molecule has 0 aliphatic rings. The number of nitrogens with one attached hydrogen (secondary N) is 1. The van der Waals surface area contributed by atoms with Crippen LogP contribution in [0.1, 0.15) is 11.5 Å². The van der Waals surface area contributed by atoms with Crippen molar-refractivity contribution in [3.05, 3.63) is 39.0 Å². The first-order chi connectivity index (χ1) is 8.06. The van der Waals surface area contributed by atoms with Gasteiger partial charge in [-0.15, -0.1) is 0 Å². The lowest BCUT2D eigenvalue weighted by atomic mass is 10.2. The van der Waals surface area contributed by atoms with Crippen molar-refractivity contribution >= 4 is 34.0 Å². The van der Waals surface area contributed by atoms with Crippen molar-refractivity contribution in [3.63, 3.8) is 0 Å². The van der Waals surface area contributed by atoms with Crippen LogP contribution in [0.25, 0.3) is 0 Å². The zero-order chi connectivity index (χ0) is 12.4. The van der Waals surface area contributed by atoms with Crippen LogP contribution in [-0.2, 0) is 6.54 Å². The van der Waals surface area contributed by atoms with Gasteiger partial charge in [-0.05, 0) is 35.6 Å². The van der Waals surface area contributed by atoms with Gasteiger partial charge in [-0.3, -0.25) is 0 Å². The van der Waals surface area contributed by atoms with Crippen molar-refractivity contribution in [2.24, 2.45) is 0 Å². The van der Waals surface area contributed by atoms with Gasteiger partial charge >= 0.3 is 0 Å². The second kappa shape index (κ2) is 4.91. The van der Waals surface area contributed by atoms with Crippen molar-refractivity contribution in [2.45, 2.75) is 13.5 Å². The molecule has 90 valence electrons. The topological polar surface area (TPSA) is 64.1 Å². The van der Waals surface area contributed by atoms with Crippen LogP contribution < -0.4 is 11.1 Å². The van der Waals surface area contributed by atoms with Crippen LogP contribution in [0.4, 0.5) is 15.8 Å². The van der Waals surface area contributed by atoms with Gasteiger partial charge < -0.3 is 15.6 Å². The van der Waals surface area contributed by atoms with E-state index in [-0.39, 0.29) is 5.82 Å². The van der Waals surface area contributed by atoms with Crippen molar-refractivity contribution in [1.82, 2.24) is 5.16 Å². The molecule has 0 fully saturated rings. The summed E-state index contributed by atoms with van der Waals surface area (Å²) in [6.07, 6.45) is 0. The first-order valence-electron chi connectivity index (χ1n) is 4.97. The van der Waals surface area contributed by atoms with E-state index in [2.05, 4.69) is 10.5 Å². The molecule has 6 heteroatoms. The third-order valence-corrected chi connectivity index (χ3v) is 3.05. The molecular formula is C11H11FIN3O. The summed E-state index contributed by atoms with van der Waals surface area (Å²) in [5.41, 5.74) is 7.65. The van der Waals surface area contributed by atoms with Gasteiger partial charge in [-0.25, -0.2) is 4.39 Å². The number of nitrogen functional groups attached to an aromatic ring is 1. The van der Waals surface area contributed by atoms with E-state index in [0.29, 0.717) is 27.2 Å². The van der Waals surface area contributed by atoms with Crippen molar-refractivity contribution in [3.8, 4) is 0 Å². The molecule has 0 spiro atoms. The normalized spacial score (nSPS) is 10.5. The van der Waals surface area contributed by atoms with Gasteiger partial charge in [-0.2, -0.15) is 0 Å². The molecular weight excluding hydrogens is 336 g/mol. The first-order valence-corrected chi connectivity index (χ1v) is 6.04. The molecule has 0 saturated heterocycles. The third-order valence-electron chi connectivity index (χ3n) is 2.22. The van der Waals surface area contributed by atoms with Crippen LogP contribution in [0, 0.1) is 16.3 Å². The van der Waals surface area contributed by atoms with Gasteiger partial charge in [0.1, 0.15) is 5.82 Å². The molecule has 1 aromatic carbocycles. The lowest BCUT2D eigenvalue weighted by Gasteiger charge is -2.08. The third kappa shape index (κ3) is 2.87. The summed E-state index contributed by atoms with van der Waals surface area (Å²) in [6.45, 7) is 2.26. The SMILES string of the molecule is Cc1cc(CNc2cc(F)c(I)cc2N)on1. The van der Waals surface area contributed by atoms with Gasteiger partial charge in [0.2, 0.25) is 0 Å². The lowest BCUT2D eigenvalue weighted by Crippen LogP contribution is -2.03. The van der Waals surface area contributed by atoms with Crippen LogP contribution in [-0.4, -0.2) is 5.16 Å². The Labute approximate surface area is 112 Å². The number of nitrogens with zero attached hydrogens (tertiary/aromatic N) is 1. The molecule has 0 radical (unpaired) electrons. The Hall–Kier alpha value is -1.31. The molecule has 4 nitrogen and oxygen atoms in total. The Morgan fingerprint density at radius 3 is 2.88 bits per heavy atom. The molecule has 0 saturated carbocycles. The molecule has 0 bridgehead atoms. The Kier molecular flexibility index (Phi) is 3.51. The highest BCUT2D eigenvalue weighted by atomic mass is 127. The number of rotatable bonds is 3. The molecule has 0 amide bonds. The smallest absolute Gasteiger partial charge is 0.156 e. The summed E-state index contributed by atoms with van der Waals surface area (Å²) in [4.78, 5) is 0. The summed E-state index contributed by atoms with van der Waals surface area (Å²) < 4.78 is 18.9. The Bertz CT molecular complexity index is 542. The highest BCUT2D eigenvalue weighted by molar-refractivity contribution is 14.1. The number of benzene rings is 1. The average molecular weight is 347 g/mol. The molecule has 0 atom stereocenters. The zero-order valence-corrected chi connectivity index (χ0v) is 11.3. The summed E-state index contributed by atoms with van der Waals surface area (Å²) in [5, 5.41) is 6.77. The quantitative estimate of drug-likeness (QED) is 0.662. The van der Waals surface area contributed by atoms with Crippen molar-refractivity contribution in [1.29, 1.82) is 0 Å². The van der Waals surface area contributed by atoms with E-state index in [1.54, 1.807) is 6.07 Å². The number of halogens is 2. The largest absolute Gasteiger partial charge is 0.397 e. The molecule has 0 aliphatic heterocycles. The van der Waals surface area contributed by atoms with Crippen LogP contribution in [0.5, 0.6) is 0 Å². The minimum absolute atomic E-state index is 0.295. The van der Waals surface area contributed by atoms with E-state index in [1.165, 1.54) is 6.07 Å². The molecule has 2 rings (SSSR count). The Balaban J connectivity index is 2.11. The number of hydrogen-bond donors (Lipinski definition) is 2. The number of aromatic nitrogens is 1. The predicted molar refractivity (Wildman–Crippen MR) is 72.1 cm³/mol. The van der Waals surface area contributed by atoms with Crippen molar-refractivity contribution < 1.29 is 8.91 Å². The van der Waals surface area contributed by atoms with E-state index in [9.17, 15) is 4.39 Å². The molecule has 1 heterocycles. The molecule has 0 aliphatic carbocycles. The highest BCUT2D eigenvalue weighted by Gasteiger charge is 2.07. The fourth-order valence-electron chi connectivity index (χ4n) is 1.40. The van der Waals surface area contributed by atoms with Gasteiger partial charge in [0.15, 0.2) is 5.76 Å². The van der Waals surface area contributed by atoms with Gasteiger partial charge in [-0.1, -0.05) is 5.16 Å². The standard InChI is InChI=1S/C11H11FIN3O/c1-6-2-7(17-16-6)5-15-11-3-8(12)9(13)4-10(11)14/h2-4,15H,5,14H2,1H3. The number of anilines is 2. The maximum atomic E-state index is 13.4. The first kappa shape index (κ1) is 12.2. The summed E-state index contributed by atoms with van der Waals surface area (Å²) in [6, 6.07) is 4.77. The minimum Gasteiger partial charge on any atom is -0.397 e. The van der Waals surface area contributed by atoms with Crippen LogP contribution in [0.3, 0.4) is 0 Å². The highest BCUT2D eigenvalue weighted by Crippen LogP contribution is 2.24. The summed E-state index contributed by atoms with van der Waals surface area (Å²) in [5.74, 6) is 0.386. The second-order valence-electron chi connectivity index (χ2n) is 3.64. The van der Waals surface area contributed by atoms with E-state index >= 15 is 0 Å². The van der Waals surface area contributed by atoms with Crippen LogP contribution in [0.2, 0.25) is 0 Å².